The van der Waals surface area contributed by atoms with Gasteiger partial charge in [-0.1, -0.05) is 42.5 Å². The molecule has 8 nitrogen and oxygen atoms in total. The van der Waals surface area contributed by atoms with Crippen LogP contribution in [0.15, 0.2) is 59.7 Å². The molecular formula is C26H32N4O4. The standard InChI is InChI=1S/C26H32N4O4/c1-33-22-9-7-21(8-10-22)24(29-15-17-34-18-16-29)19-27-25(31)11-12-26(32)30-14-13-23(28-30)20-5-3-2-4-6-20/h2-10,24H,11-19H2,1H3,(H,27,31)/t24-/m0/s1. The fourth-order valence-electron chi connectivity index (χ4n) is 4.29. The molecule has 8 heteroatoms. The Kier molecular flexibility index (Phi) is 8.27. The van der Waals surface area contributed by atoms with Gasteiger partial charge in [0.2, 0.25) is 11.8 Å². The summed E-state index contributed by atoms with van der Waals surface area (Å²) in [6, 6.07) is 17.8. The van der Waals surface area contributed by atoms with Gasteiger partial charge in [-0.15, -0.1) is 0 Å². The summed E-state index contributed by atoms with van der Waals surface area (Å²) in [7, 11) is 1.64. The minimum atomic E-state index is -0.133. The topological polar surface area (TPSA) is 83.5 Å². The number of nitrogens with one attached hydrogen (secondary N) is 1. The summed E-state index contributed by atoms with van der Waals surface area (Å²) in [4.78, 5) is 27.5. The lowest BCUT2D eigenvalue weighted by atomic mass is 10.0. The van der Waals surface area contributed by atoms with Crippen molar-refractivity contribution in [3.8, 4) is 5.75 Å². The number of morpholine rings is 1. The van der Waals surface area contributed by atoms with Crippen molar-refractivity contribution in [3.05, 3.63) is 65.7 Å². The summed E-state index contributed by atoms with van der Waals surface area (Å²) in [6.07, 6.45) is 1.01. The van der Waals surface area contributed by atoms with Gasteiger partial charge in [0.25, 0.3) is 0 Å². The van der Waals surface area contributed by atoms with Gasteiger partial charge in [0.1, 0.15) is 5.75 Å². The molecule has 1 fully saturated rings. The Morgan fingerprint density at radius 1 is 1.03 bits per heavy atom. The van der Waals surface area contributed by atoms with E-state index in [9.17, 15) is 9.59 Å². The molecule has 180 valence electrons. The first-order valence-electron chi connectivity index (χ1n) is 11.8. The van der Waals surface area contributed by atoms with Gasteiger partial charge in [-0.3, -0.25) is 14.5 Å². The highest BCUT2D eigenvalue weighted by Gasteiger charge is 2.25. The molecule has 2 aromatic rings. The molecule has 2 amide bonds. The maximum absolute atomic E-state index is 12.6. The average molecular weight is 465 g/mol. The van der Waals surface area contributed by atoms with E-state index < -0.39 is 0 Å². The molecular weight excluding hydrogens is 432 g/mol. The summed E-state index contributed by atoms with van der Waals surface area (Å²) in [6.45, 7) is 4.00. The fourth-order valence-corrected chi connectivity index (χ4v) is 4.29. The zero-order valence-electron chi connectivity index (χ0n) is 19.6. The van der Waals surface area contributed by atoms with Crippen LogP contribution in [0.5, 0.6) is 5.75 Å². The Hall–Kier alpha value is -3.23. The third kappa shape index (κ3) is 6.21. The Labute approximate surface area is 200 Å². The highest BCUT2D eigenvalue weighted by Crippen LogP contribution is 2.24. The number of ether oxygens (including phenoxy) is 2. The van der Waals surface area contributed by atoms with Crippen LogP contribution in [-0.2, 0) is 14.3 Å². The van der Waals surface area contributed by atoms with E-state index in [1.165, 1.54) is 5.01 Å². The average Bonchev–Trinajstić information content (AvgIpc) is 3.39. The normalized spacial score (nSPS) is 17.2. The predicted octanol–water partition coefficient (Wildman–Crippen LogP) is 2.60. The van der Waals surface area contributed by atoms with E-state index >= 15 is 0 Å². The zero-order chi connectivity index (χ0) is 23.8. The molecule has 0 radical (unpaired) electrons. The van der Waals surface area contributed by atoms with Crippen LogP contribution in [0.3, 0.4) is 0 Å². The van der Waals surface area contributed by atoms with Crippen LogP contribution in [0.1, 0.15) is 36.4 Å². The van der Waals surface area contributed by atoms with Crippen LogP contribution in [0.4, 0.5) is 0 Å². The van der Waals surface area contributed by atoms with E-state index in [2.05, 4.69) is 15.3 Å². The number of carbonyl (C=O) groups is 2. The van der Waals surface area contributed by atoms with Crippen molar-refractivity contribution in [3.63, 3.8) is 0 Å². The van der Waals surface area contributed by atoms with Crippen molar-refractivity contribution < 1.29 is 19.1 Å². The van der Waals surface area contributed by atoms with Gasteiger partial charge >= 0.3 is 0 Å². The van der Waals surface area contributed by atoms with E-state index in [4.69, 9.17) is 9.47 Å². The van der Waals surface area contributed by atoms with Crippen molar-refractivity contribution in [2.75, 3.05) is 46.5 Å². The summed E-state index contributed by atoms with van der Waals surface area (Å²) in [5.74, 6) is 0.541. The number of hydrogen-bond acceptors (Lipinski definition) is 6. The Bertz CT molecular complexity index is 988. The summed E-state index contributed by atoms with van der Waals surface area (Å²) in [5.41, 5.74) is 3.05. The molecule has 0 saturated carbocycles. The molecule has 1 saturated heterocycles. The van der Waals surface area contributed by atoms with Gasteiger partial charge in [-0.2, -0.15) is 5.10 Å². The lowest BCUT2D eigenvalue weighted by Gasteiger charge is -2.35. The van der Waals surface area contributed by atoms with Crippen LogP contribution in [-0.4, -0.2) is 73.9 Å². The summed E-state index contributed by atoms with van der Waals surface area (Å²) in [5, 5.41) is 8.98. The van der Waals surface area contributed by atoms with E-state index in [-0.39, 0.29) is 30.7 Å². The van der Waals surface area contributed by atoms with Crippen molar-refractivity contribution in [1.82, 2.24) is 15.2 Å². The quantitative estimate of drug-likeness (QED) is 0.617. The van der Waals surface area contributed by atoms with E-state index in [1.807, 2.05) is 54.6 Å². The largest absolute Gasteiger partial charge is 0.497 e. The molecule has 2 aromatic carbocycles. The lowest BCUT2D eigenvalue weighted by molar-refractivity contribution is -0.133. The van der Waals surface area contributed by atoms with Gasteiger partial charge in [0, 0.05) is 38.9 Å². The van der Waals surface area contributed by atoms with Gasteiger partial charge in [-0.25, -0.2) is 5.01 Å². The Balaban J connectivity index is 1.29. The molecule has 0 aromatic heterocycles. The number of methoxy groups -OCH3 is 1. The number of hydrazone groups is 1. The molecule has 2 heterocycles. The highest BCUT2D eigenvalue weighted by atomic mass is 16.5. The molecule has 0 bridgehead atoms. The van der Waals surface area contributed by atoms with Gasteiger partial charge < -0.3 is 14.8 Å². The smallest absolute Gasteiger partial charge is 0.243 e. The van der Waals surface area contributed by atoms with Crippen LogP contribution in [0.25, 0.3) is 0 Å². The van der Waals surface area contributed by atoms with E-state index in [0.29, 0.717) is 26.3 Å². The third-order valence-electron chi connectivity index (χ3n) is 6.24. The molecule has 1 atom stereocenters. The first-order chi connectivity index (χ1) is 16.6. The molecule has 34 heavy (non-hydrogen) atoms. The van der Waals surface area contributed by atoms with Crippen molar-refractivity contribution >= 4 is 17.5 Å². The molecule has 0 spiro atoms. The molecule has 0 aliphatic carbocycles. The second-order valence-electron chi connectivity index (χ2n) is 8.42. The second-order valence-corrected chi connectivity index (χ2v) is 8.42. The summed E-state index contributed by atoms with van der Waals surface area (Å²) >= 11 is 0. The number of hydrogen-bond donors (Lipinski definition) is 1. The molecule has 1 N–H and O–H groups in total. The first-order valence-corrected chi connectivity index (χ1v) is 11.8. The monoisotopic (exact) mass is 464 g/mol. The second kappa shape index (κ2) is 11.8. The van der Waals surface area contributed by atoms with E-state index in [0.717, 1.165) is 42.1 Å². The van der Waals surface area contributed by atoms with Crippen LogP contribution in [0.2, 0.25) is 0 Å². The van der Waals surface area contributed by atoms with Crippen molar-refractivity contribution in [2.45, 2.75) is 25.3 Å². The number of amides is 2. The zero-order valence-corrected chi connectivity index (χ0v) is 19.6. The number of carbonyl (C=O) groups excluding carboxylic acids is 2. The van der Waals surface area contributed by atoms with Crippen LogP contribution < -0.4 is 10.1 Å². The van der Waals surface area contributed by atoms with Gasteiger partial charge in [0.15, 0.2) is 0 Å². The fraction of sp³-hybridized carbons (Fsp3) is 0.423. The summed E-state index contributed by atoms with van der Waals surface area (Å²) < 4.78 is 10.8. The lowest BCUT2D eigenvalue weighted by Crippen LogP contribution is -2.43. The Morgan fingerprint density at radius 2 is 1.76 bits per heavy atom. The van der Waals surface area contributed by atoms with Crippen LogP contribution >= 0.6 is 0 Å². The Morgan fingerprint density at radius 3 is 2.47 bits per heavy atom. The molecule has 2 aliphatic heterocycles. The maximum atomic E-state index is 12.6. The molecule has 2 aliphatic rings. The third-order valence-corrected chi connectivity index (χ3v) is 6.24. The number of rotatable bonds is 9. The maximum Gasteiger partial charge on any atom is 0.243 e. The molecule has 0 unspecified atom stereocenters. The minimum Gasteiger partial charge on any atom is -0.497 e. The first kappa shape index (κ1) is 23.9. The van der Waals surface area contributed by atoms with Gasteiger partial charge in [0.05, 0.1) is 38.6 Å². The SMILES string of the molecule is COc1ccc([C@H](CNC(=O)CCC(=O)N2CCC(c3ccccc3)=N2)N2CCOCC2)cc1. The van der Waals surface area contributed by atoms with E-state index in [1.54, 1.807) is 7.11 Å². The number of benzene rings is 2. The minimum absolute atomic E-state index is 0.0334. The van der Waals surface area contributed by atoms with Crippen molar-refractivity contribution in [1.29, 1.82) is 0 Å². The predicted molar refractivity (Wildman–Crippen MR) is 130 cm³/mol. The van der Waals surface area contributed by atoms with Crippen LogP contribution in [0, 0.1) is 0 Å². The highest BCUT2D eigenvalue weighted by molar-refractivity contribution is 6.02. The van der Waals surface area contributed by atoms with Gasteiger partial charge in [-0.05, 0) is 23.3 Å². The number of nitrogens with zero attached hydrogens (tertiary/aromatic N) is 3. The van der Waals surface area contributed by atoms with Crippen molar-refractivity contribution in [2.24, 2.45) is 5.10 Å². The molecule has 4 rings (SSSR count).